The first-order valence-corrected chi connectivity index (χ1v) is 7.03. The molecule has 0 bridgehead atoms. The number of ether oxygens (including phenoxy) is 1. The maximum absolute atomic E-state index is 5.95. The van der Waals surface area contributed by atoms with E-state index in [1.165, 1.54) is 11.1 Å². The van der Waals surface area contributed by atoms with E-state index >= 15 is 0 Å². The lowest BCUT2D eigenvalue weighted by Gasteiger charge is -2.22. The summed E-state index contributed by atoms with van der Waals surface area (Å²) >= 11 is 0. The predicted molar refractivity (Wildman–Crippen MR) is 84.2 cm³/mol. The lowest BCUT2D eigenvalue weighted by atomic mass is 9.91. The summed E-state index contributed by atoms with van der Waals surface area (Å²) in [5.74, 6) is 1.13. The van der Waals surface area contributed by atoms with Crippen molar-refractivity contribution in [3.63, 3.8) is 0 Å². The average Bonchev–Trinajstić information content (AvgIpc) is 2.41. The summed E-state index contributed by atoms with van der Waals surface area (Å²) in [6.45, 7) is 6.75. The SMILES string of the molecule is CC(C)(C)Oc1ccc(C(CN)c2ccccc2)cc1. The first-order valence-electron chi connectivity index (χ1n) is 7.03. The highest BCUT2D eigenvalue weighted by Gasteiger charge is 2.14. The van der Waals surface area contributed by atoms with Crippen LogP contribution in [0.4, 0.5) is 0 Å². The molecule has 2 N–H and O–H groups in total. The van der Waals surface area contributed by atoms with Gasteiger partial charge in [0.15, 0.2) is 0 Å². The molecular weight excluding hydrogens is 246 g/mol. The molecule has 2 aromatic rings. The van der Waals surface area contributed by atoms with Gasteiger partial charge >= 0.3 is 0 Å². The Kier molecular flexibility index (Phi) is 4.46. The fourth-order valence-electron chi connectivity index (χ4n) is 2.27. The second-order valence-electron chi connectivity index (χ2n) is 5.98. The van der Waals surface area contributed by atoms with Crippen molar-refractivity contribution in [3.05, 3.63) is 65.7 Å². The zero-order valence-corrected chi connectivity index (χ0v) is 12.5. The van der Waals surface area contributed by atoms with Gasteiger partial charge in [-0.25, -0.2) is 0 Å². The minimum atomic E-state index is -0.172. The van der Waals surface area contributed by atoms with Crippen LogP contribution in [0.25, 0.3) is 0 Å². The summed E-state index contributed by atoms with van der Waals surface area (Å²) in [5, 5.41) is 0. The molecule has 2 heteroatoms. The smallest absolute Gasteiger partial charge is 0.120 e. The van der Waals surface area contributed by atoms with Gasteiger partial charge in [0.2, 0.25) is 0 Å². The van der Waals surface area contributed by atoms with Crippen molar-refractivity contribution in [1.29, 1.82) is 0 Å². The van der Waals surface area contributed by atoms with Gasteiger partial charge in [-0.15, -0.1) is 0 Å². The van der Waals surface area contributed by atoms with Crippen LogP contribution in [0.1, 0.15) is 37.8 Å². The molecule has 0 aromatic heterocycles. The Morgan fingerprint density at radius 2 is 1.45 bits per heavy atom. The van der Waals surface area contributed by atoms with Crippen LogP contribution < -0.4 is 10.5 Å². The highest BCUT2D eigenvalue weighted by molar-refractivity contribution is 5.36. The molecule has 20 heavy (non-hydrogen) atoms. The van der Waals surface area contributed by atoms with Gasteiger partial charge in [0.1, 0.15) is 11.4 Å². The summed E-state index contributed by atoms with van der Waals surface area (Å²) in [5.41, 5.74) is 8.24. The van der Waals surface area contributed by atoms with Crippen LogP contribution in [0.15, 0.2) is 54.6 Å². The molecule has 0 aliphatic rings. The van der Waals surface area contributed by atoms with Gasteiger partial charge in [-0.3, -0.25) is 0 Å². The van der Waals surface area contributed by atoms with Crippen molar-refractivity contribution in [2.45, 2.75) is 32.3 Å². The molecule has 1 unspecified atom stereocenters. The molecule has 0 amide bonds. The molecule has 2 nitrogen and oxygen atoms in total. The normalized spacial score (nSPS) is 13.0. The van der Waals surface area contributed by atoms with Crippen LogP contribution in [0.3, 0.4) is 0 Å². The van der Waals surface area contributed by atoms with E-state index in [-0.39, 0.29) is 11.5 Å². The van der Waals surface area contributed by atoms with E-state index in [2.05, 4.69) is 36.4 Å². The number of hydrogen-bond acceptors (Lipinski definition) is 2. The van der Waals surface area contributed by atoms with Gasteiger partial charge in [0.05, 0.1) is 0 Å². The molecule has 0 heterocycles. The lowest BCUT2D eigenvalue weighted by molar-refractivity contribution is 0.131. The quantitative estimate of drug-likeness (QED) is 0.912. The molecule has 0 fully saturated rings. The Morgan fingerprint density at radius 3 is 1.95 bits per heavy atom. The van der Waals surface area contributed by atoms with Crippen LogP contribution in [0.5, 0.6) is 5.75 Å². The minimum Gasteiger partial charge on any atom is -0.488 e. The van der Waals surface area contributed by atoms with Gasteiger partial charge in [-0.1, -0.05) is 42.5 Å². The van der Waals surface area contributed by atoms with Crippen LogP contribution in [-0.2, 0) is 0 Å². The third-order valence-electron chi connectivity index (χ3n) is 3.14. The third kappa shape index (κ3) is 3.84. The predicted octanol–water partition coefficient (Wildman–Crippen LogP) is 3.95. The van der Waals surface area contributed by atoms with E-state index in [0.717, 1.165) is 5.75 Å². The van der Waals surface area contributed by atoms with E-state index in [4.69, 9.17) is 10.5 Å². The standard InChI is InChI=1S/C18H23NO/c1-18(2,3)20-16-11-9-15(10-12-16)17(13-19)14-7-5-4-6-8-14/h4-12,17H,13,19H2,1-3H3. The second-order valence-corrected chi connectivity index (χ2v) is 5.98. The van der Waals surface area contributed by atoms with Gasteiger partial charge in [0.25, 0.3) is 0 Å². The van der Waals surface area contributed by atoms with Crippen molar-refractivity contribution in [3.8, 4) is 5.75 Å². The van der Waals surface area contributed by atoms with Crippen molar-refractivity contribution in [2.75, 3.05) is 6.54 Å². The Labute approximate surface area is 121 Å². The van der Waals surface area contributed by atoms with E-state index < -0.39 is 0 Å². The summed E-state index contributed by atoms with van der Waals surface area (Å²) in [4.78, 5) is 0. The van der Waals surface area contributed by atoms with E-state index in [0.29, 0.717) is 6.54 Å². The molecule has 1 atom stereocenters. The van der Waals surface area contributed by atoms with Crippen LogP contribution in [-0.4, -0.2) is 12.1 Å². The number of nitrogens with two attached hydrogens (primary N) is 1. The molecule has 2 aromatic carbocycles. The van der Waals surface area contributed by atoms with E-state index in [1.807, 2.05) is 39.0 Å². The van der Waals surface area contributed by atoms with Crippen molar-refractivity contribution >= 4 is 0 Å². The lowest BCUT2D eigenvalue weighted by Crippen LogP contribution is -2.23. The van der Waals surface area contributed by atoms with Gasteiger partial charge in [-0.2, -0.15) is 0 Å². The summed E-state index contributed by atoms with van der Waals surface area (Å²) < 4.78 is 5.84. The summed E-state index contributed by atoms with van der Waals surface area (Å²) in [7, 11) is 0. The van der Waals surface area contributed by atoms with Crippen LogP contribution in [0.2, 0.25) is 0 Å². The highest BCUT2D eigenvalue weighted by Crippen LogP contribution is 2.26. The van der Waals surface area contributed by atoms with E-state index in [9.17, 15) is 0 Å². The highest BCUT2D eigenvalue weighted by atomic mass is 16.5. The van der Waals surface area contributed by atoms with Crippen LogP contribution >= 0.6 is 0 Å². The van der Waals surface area contributed by atoms with E-state index in [1.54, 1.807) is 0 Å². The fraction of sp³-hybridized carbons (Fsp3) is 0.333. The number of benzene rings is 2. The maximum Gasteiger partial charge on any atom is 0.120 e. The van der Waals surface area contributed by atoms with Crippen molar-refractivity contribution in [2.24, 2.45) is 5.73 Å². The van der Waals surface area contributed by atoms with Gasteiger partial charge in [0, 0.05) is 12.5 Å². The van der Waals surface area contributed by atoms with Crippen molar-refractivity contribution in [1.82, 2.24) is 0 Å². The van der Waals surface area contributed by atoms with Gasteiger partial charge in [-0.05, 0) is 44.0 Å². The largest absolute Gasteiger partial charge is 0.488 e. The molecule has 0 aliphatic heterocycles. The van der Waals surface area contributed by atoms with Crippen molar-refractivity contribution < 1.29 is 4.74 Å². The Morgan fingerprint density at radius 1 is 0.900 bits per heavy atom. The number of rotatable bonds is 4. The summed E-state index contributed by atoms with van der Waals surface area (Å²) in [6, 6.07) is 18.6. The minimum absolute atomic E-state index is 0.172. The zero-order chi connectivity index (χ0) is 14.6. The molecule has 0 aliphatic carbocycles. The molecule has 106 valence electrons. The molecular formula is C18H23NO. The average molecular weight is 269 g/mol. The number of hydrogen-bond donors (Lipinski definition) is 1. The molecule has 0 radical (unpaired) electrons. The second kappa shape index (κ2) is 6.10. The van der Waals surface area contributed by atoms with Gasteiger partial charge < -0.3 is 10.5 Å². The first-order chi connectivity index (χ1) is 9.49. The maximum atomic E-state index is 5.95. The molecule has 0 spiro atoms. The Balaban J connectivity index is 2.20. The first kappa shape index (κ1) is 14.6. The van der Waals surface area contributed by atoms with Crippen LogP contribution in [0, 0.1) is 0 Å². The topological polar surface area (TPSA) is 35.2 Å². The zero-order valence-electron chi connectivity index (χ0n) is 12.5. The Hall–Kier alpha value is -1.80. The third-order valence-corrected chi connectivity index (χ3v) is 3.14. The monoisotopic (exact) mass is 269 g/mol. The fourth-order valence-corrected chi connectivity index (χ4v) is 2.27. The summed E-state index contributed by atoms with van der Waals surface area (Å²) in [6.07, 6.45) is 0. The molecule has 0 saturated carbocycles. The Bertz CT molecular complexity index is 526. The molecule has 0 saturated heterocycles. The molecule has 2 rings (SSSR count).